The third-order valence-electron chi connectivity index (χ3n) is 4.73. The van der Waals surface area contributed by atoms with Crippen molar-refractivity contribution < 1.29 is 18.0 Å². The number of halogens is 4. The van der Waals surface area contributed by atoms with Gasteiger partial charge in [-0.1, -0.05) is 41.9 Å². The molecule has 0 unspecified atom stereocenters. The highest BCUT2D eigenvalue weighted by atomic mass is 35.5. The summed E-state index contributed by atoms with van der Waals surface area (Å²) in [4.78, 5) is 12.5. The van der Waals surface area contributed by atoms with Crippen LogP contribution in [-0.4, -0.2) is 21.9 Å². The number of amides is 1. The Balaban J connectivity index is 1.63. The van der Waals surface area contributed by atoms with Crippen LogP contribution in [0, 0.1) is 0 Å². The zero-order valence-electron chi connectivity index (χ0n) is 14.9. The van der Waals surface area contributed by atoms with Crippen molar-refractivity contribution in [1.82, 2.24) is 9.78 Å². The summed E-state index contributed by atoms with van der Waals surface area (Å²) in [5.74, 6) is -0.457. The van der Waals surface area contributed by atoms with Gasteiger partial charge in [-0.15, -0.1) is 0 Å². The number of fused-ring (bicyclic) bond motifs is 1. The largest absolute Gasteiger partial charge is 0.410 e. The number of nitrogens with one attached hydrogen (secondary N) is 2. The van der Waals surface area contributed by atoms with Gasteiger partial charge in [0, 0.05) is 23.2 Å². The first-order valence-electron chi connectivity index (χ1n) is 8.86. The Labute approximate surface area is 169 Å². The lowest BCUT2D eigenvalue weighted by molar-refractivity contribution is -0.173. The first-order chi connectivity index (χ1) is 13.8. The van der Waals surface area contributed by atoms with Crippen molar-refractivity contribution in [3.63, 3.8) is 0 Å². The monoisotopic (exact) mass is 420 g/mol. The summed E-state index contributed by atoms with van der Waals surface area (Å²) in [6, 6.07) is 14.2. The van der Waals surface area contributed by atoms with Gasteiger partial charge in [-0.05, 0) is 29.8 Å². The van der Waals surface area contributed by atoms with Gasteiger partial charge in [0.15, 0.2) is 11.7 Å². The van der Waals surface area contributed by atoms with Gasteiger partial charge in [0.1, 0.15) is 5.82 Å². The van der Waals surface area contributed by atoms with Crippen molar-refractivity contribution in [3.05, 3.63) is 76.9 Å². The van der Waals surface area contributed by atoms with Crippen LogP contribution < -0.4 is 10.6 Å². The molecule has 29 heavy (non-hydrogen) atoms. The summed E-state index contributed by atoms with van der Waals surface area (Å²) >= 11 is 5.81. The van der Waals surface area contributed by atoms with Crippen LogP contribution >= 0.6 is 11.6 Å². The smallest absolute Gasteiger partial charge is 0.363 e. The molecule has 0 spiro atoms. The fourth-order valence-electron chi connectivity index (χ4n) is 3.32. The van der Waals surface area contributed by atoms with Gasteiger partial charge in [-0.3, -0.25) is 4.79 Å². The highest BCUT2D eigenvalue weighted by molar-refractivity contribution is 6.30. The number of carbonyl (C=O) groups is 1. The number of hydrogen-bond acceptors (Lipinski definition) is 3. The molecular weight excluding hydrogens is 405 g/mol. The van der Waals surface area contributed by atoms with Crippen LogP contribution in [0.3, 0.4) is 0 Å². The molecule has 5 nitrogen and oxygen atoms in total. The topological polar surface area (TPSA) is 59.0 Å². The van der Waals surface area contributed by atoms with Crippen LogP contribution in [-0.2, 0) is 0 Å². The van der Waals surface area contributed by atoms with E-state index in [2.05, 4.69) is 15.7 Å². The van der Waals surface area contributed by atoms with E-state index >= 15 is 0 Å². The Morgan fingerprint density at radius 3 is 2.48 bits per heavy atom. The number of hydrogen-bond donors (Lipinski definition) is 2. The van der Waals surface area contributed by atoms with E-state index in [1.165, 1.54) is 6.07 Å². The molecule has 3 aromatic rings. The molecule has 1 aromatic heterocycles. The van der Waals surface area contributed by atoms with Gasteiger partial charge < -0.3 is 10.6 Å². The average molecular weight is 421 g/mol. The third-order valence-corrected chi connectivity index (χ3v) is 4.98. The molecule has 4 rings (SSSR count). The van der Waals surface area contributed by atoms with Crippen LogP contribution in [0.25, 0.3) is 0 Å². The van der Waals surface area contributed by atoms with E-state index in [0.29, 0.717) is 10.7 Å². The molecule has 2 atom stereocenters. The lowest BCUT2D eigenvalue weighted by Crippen LogP contribution is -2.35. The summed E-state index contributed by atoms with van der Waals surface area (Å²) in [7, 11) is 0. The molecular formula is C20H16ClF3N4O. The second-order valence-electron chi connectivity index (χ2n) is 6.72. The fourth-order valence-corrected chi connectivity index (χ4v) is 3.44. The predicted molar refractivity (Wildman–Crippen MR) is 104 cm³/mol. The van der Waals surface area contributed by atoms with E-state index in [9.17, 15) is 18.0 Å². The van der Waals surface area contributed by atoms with Crippen molar-refractivity contribution in [2.75, 3.05) is 10.6 Å². The normalized spacial score (nSPS) is 18.6. The Kier molecular flexibility index (Phi) is 4.96. The van der Waals surface area contributed by atoms with Crippen LogP contribution in [0.5, 0.6) is 0 Å². The standard InChI is InChI=1S/C20H16ClF3N4O/c21-13-6-8-14(9-7-13)25-19(29)16-11-18-26-15(12-4-2-1-3-5-12)10-17(20(22,23)24)28(18)27-16/h1-9,11,15,17,26H,10H2,(H,25,29)/t15-,17-/m1/s1. The maximum absolute atomic E-state index is 13.7. The molecule has 1 amide bonds. The van der Waals surface area contributed by atoms with E-state index < -0.39 is 24.2 Å². The first-order valence-corrected chi connectivity index (χ1v) is 9.24. The van der Waals surface area contributed by atoms with Crippen LogP contribution in [0.4, 0.5) is 24.7 Å². The van der Waals surface area contributed by atoms with Crippen molar-refractivity contribution in [1.29, 1.82) is 0 Å². The Bertz CT molecular complexity index is 1020. The van der Waals surface area contributed by atoms with E-state index in [4.69, 9.17) is 11.6 Å². The van der Waals surface area contributed by atoms with Crippen molar-refractivity contribution in [2.24, 2.45) is 0 Å². The second-order valence-corrected chi connectivity index (χ2v) is 7.16. The molecule has 2 aromatic carbocycles. The van der Waals surface area contributed by atoms with Crippen molar-refractivity contribution in [2.45, 2.75) is 24.7 Å². The number of aromatic nitrogens is 2. The Morgan fingerprint density at radius 2 is 1.83 bits per heavy atom. The van der Waals surface area contributed by atoms with Crippen LogP contribution in [0.15, 0.2) is 60.7 Å². The molecule has 1 aliphatic rings. The summed E-state index contributed by atoms with van der Waals surface area (Å²) in [6.07, 6.45) is -4.72. The lowest BCUT2D eigenvalue weighted by atomic mass is 9.97. The van der Waals surface area contributed by atoms with Gasteiger partial charge in [0.05, 0.1) is 6.04 Å². The quantitative estimate of drug-likeness (QED) is 0.592. The highest BCUT2D eigenvalue weighted by Crippen LogP contribution is 2.43. The second kappa shape index (κ2) is 7.44. The summed E-state index contributed by atoms with van der Waals surface area (Å²) in [6.45, 7) is 0. The molecule has 0 saturated carbocycles. The van der Waals surface area contributed by atoms with Gasteiger partial charge in [0.2, 0.25) is 0 Å². The number of benzene rings is 2. The molecule has 0 aliphatic carbocycles. The fraction of sp³-hybridized carbons (Fsp3) is 0.200. The van der Waals surface area contributed by atoms with Gasteiger partial charge in [-0.25, -0.2) is 4.68 Å². The van der Waals surface area contributed by atoms with Crippen molar-refractivity contribution >= 4 is 29.0 Å². The molecule has 150 valence electrons. The van der Waals surface area contributed by atoms with Gasteiger partial charge >= 0.3 is 6.18 Å². The maximum atomic E-state index is 13.7. The molecule has 2 N–H and O–H groups in total. The van der Waals surface area contributed by atoms with E-state index in [1.54, 1.807) is 54.6 Å². The van der Waals surface area contributed by atoms with Crippen LogP contribution in [0.1, 0.15) is 34.6 Å². The van der Waals surface area contributed by atoms with E-state index in [-0.39, 0.29) is 17.9 Å². The maximum Gasteiger partial charge on any atom is 0.410 e. The minimum atomic E-state index is -4.50. The number of anilines is 2. The first kappa shape index (κ1) is 19.3. The summed E-state index contributed by atoms with van der Waals surface area (Å²) in [5.41, 5.74) is 1.10. The molecule has 0 fully saturated rings. The average Bonchev–Trinajstić information content (AvgIpc) is 3.13. The highest BCUT2D eigenvalue weighted by Gasteiger charge is 2.46. The Hall–Kier alpha value is -3.00. The van der Waals surface area contributed by atoms with E-state index in [1.807, 2.05) is 0 Å². The molecule has 0 saturated heterocycles. The summed E-state index contributed by atoms with van der Waals surface area (Å²) < 4.78 is 42.0. The minimum absolute atomic E-state index is 0.106. The Morgan fingerprint density at radius 1 is 1.14 bits per heavy atom. The zero-order chi connectivity index (χ0) is 20.6. The number of nitrogens with zero attached hydrogens (tertiary/aromatic N) is 2. The molecule has 0 radical (unpaired) electrons. The molecule has 9 heteroatoms. The van der Waals surface area contributed by atoms with E-state index in [0.717, 1.165) is 10.2 Å². The molecule has 2 heterocycles. The minimum Gasteiger partial charge on any atom is -0.363 e. The SMILES string of the molecule is O=C(Nc1ccc(Cl)cc1)c1cc2n(n1)[C@@H](C(F)(F)F)C[C@H](c1ccccc1)N2. The van der Waals surface area contributed by atoms with Crippen molar-refractivity contribution in [3.8, 4) is 0 Å². The zero-order valence-corrected chi connectivity index (χ0v) is 15.7. The van der Waals surface area contributed by atoms with Gasteiger partial charge in [-0.2, -0.15) is 18.3 Å². The third kappa shape index (κ3) is 4.07. The lowest BCUT2D eigenvalue weighted by Gasteiger charge is -2.33. The predicted octanol–water partition coefficient (Wildman–Crippen LogP) is 5.45. The molecule has 0 bridgehead atoms. The number of alkyl halides is 3. The van der Waals surface area contributed by atoms with Gasteiger partial charge in [0.25, 0.3) is 5.91 Å². The number of carbonyl (C=O) groups excluding carboxylic acids is 1. The molecule has 1 aliphatic heterocycles. The number of rotatable bonds is 3. The van der Waals surface area contributed by atoms with Crippen LogP contribution in [0.2, 0.25) is 5.02 Å². The summed E-state index contributed by atoms with van der Waals surface area (Å²) in [5, 5.41) is 10.1.